The molecule has 1 fully saturated rings. The van der Waals surface area contributed by atoms with Crippen molar-refractivity contribution < 1.29 is 29.4 Å². The Balaban J connectivity index is 2.97. The lowest BCUT2D eigenvalue weighted by Crippen LogP contribution is -2.58. The number of carbonyl (C=O) groups is 4. The first kappa shape index (κ1) is 28.1. The molecule has 188 valence electrons. The number of carboxylic acids is 1. The van der Waals surface area contributed by atoms with Gasteiger partial charge in [-0.05, 0) is 38.5 Å². The van der Waals surface area contributed by atoms with E-state index >= 15 is 0 Å². The molecule has 10 N–H and O–H groups in total. The second-order valence-electron chi connectivity index (χ2n) is 8.53. The number of nitrogens with two attached hydrogens (primary N) is 3. The molecule has 0 aliphatic carbocycles. The second-order valence-corrected chi connectivity index (χ2v) is 8.53. The average molecular weight is 472 g/mol. The van der Waals surface area contributed by atoms with Gasteiger partial charge in [0.05, 0.1) is 6.10 Å². The Hall–Kier alpha value is -2.93. The first-order valence-electron chi connectivity index (χ1n) is 11.0. The Morgan fingerprint density at radius 3 is 2.30 bits per heavy atom. The largest absolute Gasteiger partial charge is 0.480 e. The van der Waals surface area contributed by atoms with Crippen molar-refractivity contribution in [1.29, 1.82) is 0 Å². The summed E-state index contributed by atoms with van der Waals surface area (Å²) in [6.07, 6.45) is 0.338. The molecule has 1 aliphatic rings. The lowest BCUT2D eigenvalue weighted by molar-refractivity contribution is -0.144. The second kappa shape index (κ2) is 12.9. The summed E-state index contributed by atoms with van der Waals surface area (Å²) in [6.45, 7) is 5.20. The Kier molecular flexibility index (Phi) is 11.0. The van der Waals surface area contributed by atoms with Crippen molar-refractivity contribution in [2.24, 2.45) is 28.1 Å². The molecule has 33 heavy (non-hydrogen) atoms. The van der Waals surface area contributed by atoms with Crippen molar-refractivity contribution in [2.45, 2.75) is 76.7 Å². The molecule has 0 saturated carbocycles. The summed E-state index contributed by atoms with van der Waals surface area (Å²) in [4.78, 5) is 55.0. The molecule has 5 atom stereocenters. The third-order valence-corrected chi connectivity index (χ3v) is 5.45. The number of carboxylic acid groups (broad SMARTS) is 1. The molecule has 0 aromatic heterocycles. The number of aliphatic imine (C=N–C) groups is 1. The van der Waals surface area contributed by atoms with Crippen LogP contribution in [0.15, 0.2) is 4.99 Å². The van der Waals surface area contributed by atoms with Gasteiger partial charge in [-0.25, -0.2) is 4.79 Å². The van der Waals surface area contributed by atoms with Gasteiger partial charge in [0.1, 0.15) is 24.2 Å². The molecular formula is C20H37N7O6. The molecule has 0 aromatic carbocycles. The first-order chi connectivity index (χ1) is 15.4. The van der Waals surface area contributed by atoms with E-state index in [1.807, 2.05) is 0 Å². The average Bonchev–Trinajstić information content (AvgIpc) is 3.21. The number of hydrogen-bond donors (Lipinski definition) is 7. The number of nitrogens with one attached hydrogen (secondary N) is 2. The van der Waals surface area contributed by atoms with Crippen LogP contribution < -0.4 is 27.8 Å². The van der Waals surface area contributed by atoms with E-state index in [9.17, 15) is 29.4 Å². The van der Waals surface area contributed by atoms with Gasteiger partial charge in [0.25, 0.3) is 0 Å². The van der Waals surface area contributed by atoms with Crippen LogP contribution in [0.5, 0.6) is 0 Å². The van der Waals surface area contributed by atoms with Crippen LogP contribution in [0.3, 0.4) is 0 Å². The Morgan fingerprint density at radius 1 is 1.15 bits per heavy atom. The van der Waals surface area contributed by atoms with E-state index in [-0.39, 0.29) is 24.8 Å². The Morgan fingerprint density at radius 2 is 1.79 bits per heavy atom. The predicted octanol–water partition coefficient (Wildman–Crippen LogP) is -2.55. The zero-order valence-corrected chi connectivity index (χ0v) is 19.4. The number of aliphatic carboxylic acids is 1. The minimum Gasteiger partial charge on any atom is -0.480 e. The number of carbonyl (C=O) groups excluding carboxylic acids is 3. The van der Waals surface area contributed by atoms with Crippen LogP contribution in [0.25, 0.3) is 0 Å². The van der Waals surface area contributed by atoms with E-state index in [0.717, 1.165) is 0 Å². The van der Waals surface area contributed by atoms with Gasteiger partial charge in [-0.3, -0.25) is 19.4 Å². The van der Waals surface area contributed by atoms with Gasteiger partial charge >= 0.3 is 5.97 Å². The van der Waals surface area contributed by atoms with Gasteiger partial charge in [0.15, 0.2) is 5.96 Å². The number of aliphatic hydroxyl groups excluding tert-OH is 1. The Bertz CT molecular complexity index is 738. The van der Waals surface area contributed by atoms with Crippen LogP contribution in [0.4, 0.5) is 0 Å². The van der Waals surface area contributed by atoms with E-state index in [4.69, 9.17) is 17.2 Å². The summed E-state index contributed by atoms with van der Waals surface area (Å²) in [6, 6.07) is -4.21. The lowest BCUT2D eigenvalue weighted by atomic mass is 10.0. The van der Waals surface area contributed by atoms with Gasteiger partial charge in [0, 0.05) is 13.1 Å². The molecule has 13 nitrogen and oxygen atoms in total. The number of guanidine groups is 1. The van der Waals surface area contributed by atoms with Crippen molar-refractivity contribution in [3.63, 3.8) is 0 Å². The molecule has 1 saturated heterocycles. The summed E-state index contributed by atoms with van der Waals surface area (Å²) in [5.74, 6) is -3.46. The van der Waals surface area contributed by atoms with Crippen molar-refractivity contribution >= 4 is 29.7 Å². The minimum absolute atomic E-state index is 0.111. The maximum absolute atomic E-state index is 13.0. The SMILES string of the molecule is CC(C)C(NC(=O)C(CCCN=C(N)N)NC(=O)C1CCCN1C(=O)C(N)C(C)O)C(=O)O. The molecular weight excluding hydrogens is 434 g/mol. The van der Waals surface area contributed by atoms with Gasteiger partial charge in [0.2, 0.25) is 17.7 Å². The van der Waals surface area contributed by atoms with Crippen molar-refractivity contribution in [3.8, 4) is 0 Å². The summed E-state index contributed by atoms with van der Waals surface area (Å²) < 4.78 is 0. The third kappa shape index (κ3) is 8.50. The molecule has 1 aliphatic heterocycles. The predicted molar refractivity (Wildman–Crippen MR) is 121 cm³/mol. The van der Waals surface area contributed by atoms with E-state index in [2.05, 4.69) is 15.6 Å². The summed E-state index contributed by atoms with van der Waals surface area (Å²) in [5, 5.41) is 24.1. The third-order valence-electron chi connectivity index (χ3n) is 5.45. The normalized spacial score (nSPS) is 19.3. The highest BCUT2D eigenvalue weighted by Crippen LogP contribution is 2.19. The summed E-state index contributed by atoms with van der Waals surface area (Å²) >= 11 is 0. The van der Waals surface area contributed by atoms with E-state index in [1.165, 1.54) is 11.8 Å². The van der Waals surface area contributed by atoms with Gasteiger partial charge in [-0.1, -0.05) is 13.8 Å². The Labute approximate surface area is 193 Å². The lowest BCUT2D eigenvalue weighted by Gasteiger charge is -2.29. The number of likely N-dealkylation sites (tertiary alicyclic amines) is 1. The van der Waals surface area contributed by atoms with E-state index in [1.54, 1.807) is 13.8 Å². The molecule has 0 spiro atoms. The maximum atomic E-state index is 13.0. The van der Waals surface area contributed by atoms with Crippen LogP contribution in [0.2, 0.25) is 0 Å². The fourth-order valence-electron chi connectivity index (χ4n) is 3.51. The monoisotopic (exact) mass is 471 g/mol. The van der Waals surface area contributed by atoms with Crippen LogP contribution in [0.1, 0.15) is 46.5 Å². The van der Waals surface area contributed by atoms with E-state index < -0.39 is 54.0 Å². The highest BCUT2D eigenvalue weighted by molar-refractivity contribution is 5.94. The topological polar surface area (TPSA) is 226 Å². The molecule has 0 bridgehead atoms. The number of nitrogens with zero attached hydrogens (tertiary/aromatic N) is 2. The van der Waals surface area contributed by atoms with Gasteiger partial charge < -0.3 is 42.9 Å². The van der Waals surface area contributed by atoms with E-state index in [0.29, 0.717) is 25.8 Å². The highest BCUT2D eigenvalue weighted by atomic mass is 16.4. The zero-order valence-electron chi connectivity index (χ0n) is 19.4. The smallest absolute Gasteiger partial charge is 0.326 e. The fourth-order valence-corrected chi connectivity index (χ4v) is 3.51. The fraction of sp³-hybridized carbons (Fsp3) is 0.750. The van der Waals surface area contributed by atoms with Crippen LogP contribution >= 0.6 is 0 Å². The minimum atomic E-state index is -1.19. The van der Waals surface area contributed by atoms with Crippen molar-refractivity contribution in [1.82, 2.24) is 15.5 Å². The number of aliphatic hydroxyl groups is 1. The molecule has 13 heteroatoms. The zero-order chi connectivity index (χ0) is 25.3. The molecule has 1 heterocycles. The molecule has 1 rings (SSSR count). The van der Waals surface area contributed by atoms with Crippen LogP contribution in [-0.4, -0.2) is 88.1 Å². The van der Waals surface area contributed by atoms with Crippen LogP contribution in [0, 0.1) is 5.92 Å². The number of hydrogen-bond acceptors (Lipinski definition) is 7. The molecule has 3 amide bonds. The van der Waals surface area contributed by atoms with Crippen molar-refractivity contribution in [3.05, 3.63) is 0 Å². The summed E-state index contributed by atoms with van der Waals surface area (Å²) in [5.41, 5.74) is 16.3. The molecule has 0 aromatic rings. The van der Waals surface area contributed by atoms with Gasteiger partial charge in [-0.15, -0.1) is 0 Å². The maximum Gasteiger partial charge on any atom is 0.326 e. The summed E-state index contributed by atoms with van der Waals surface area (Å²) in [7, 11) is 0. The number of amides is 3. The quantitative estimate of drug-likeness (QED) is 0.0901. The van der Waals surface area contributed by atoms with Gasteiger partial charge in [-0.2, -0.15) is 0 Å². The standard InChI is InChI=1S/C20H37N7O6/c1-10(2)15(19(32)33)26-16(29)12(6-4-8-24-20(22)23)25-17(30)13-7-5-9-27(13)18(31)14(21)11(3)28/h10-15,28H,4-9,21H2,1-3H3,(H,25,30)(H,26,29)(H,32,33)(H4,22,23,24). The van der Waals surface area contributed by atoms with Crippen LogP contribution in [-0.2, 0) is 19.2 Å². The first-order valence-corrected chi connectivity index (χ1v) is 11.0. The highest BCUT2D eigenvalue weighted by Gasteiger charge is 2.38. The molecule has 0 radical (unpaired) electrons. The van der Waals surface area contributed by atoms with Crippen molar-refractivity contribution in [2.75, 3.05) is 13.1 Å². The molecule has 5 unspecified atom stereocenters. The number of rotatable bonds is 12.